The van der Waals surface area contributed by atoms with E-state index in [4.69, 9.17) is 20.6 Å². The monoisotopic (exact) mass is 524 g/mol. The lowest BCUT2D eigenvalue weighted by atomic mass is 10.1. The van der Waals surface area contributed by atoms with Crippen molar-refractivity contribution in [2.45, 2.75) is 46.3 Å². The first kappa shape index (κ1) is 28.3. The SMILES string of the molecule is Cc1ccc(NCc2cc(CO)cc(OC(C)C)c2OCC(O)O)c(C(=O)Nc2ccc(C(=N)N)nn2)c1. The summed E-state index contributed by atoms with van der Waals surface area (Å²) in [5.74, 6) is 0.157. The number of benzene rings is 2. The molecule has 0 spiro atoms. The van der Waals surface area contributed by atoms with Crippen molar-refractivity contribution in [2.24, 2.45) is 5.73 Å². The molecule has 0 radical (unpaired) electrons. The minimum Gasteiger partial charge on any atom is -0.487 e. The quantitative estimate of drug-likeness (QED) is 0.104. The van der Waals surface area contributed by atoms with Crippen LogP contribution in [0.4, 0.5) is 11.5 Å². The van der Waals surface area contributed by atoms with Crippen molar-refractivity contribution in [3.8, 4) is 11.5 Å². The Bertz CT molecular complexity index is 1280. The van der Waals surface area contributed by atoms with E-state index in [-0.39, 0.29) is 49.0 Å². The van der Waals surface area contributed by atoms with Crippen LogP contribution in [0.1, 0.15) is 46.6 Å². The minimum atomic E-state index is -1.69. The van der Waals surface area contributed by atoms with E-state index >= 15 is 0 Å². The number of amidine groups is 1. The molecule has 202 valence electrons. The van der Waals surface area contributed by atoms with Gasteiger partial charge < -0.3 is 41.2 Å². The molecule has 8 N–H and O–H groups in total. The maximum atomic E-state index is 13.1. The Kier molecular flexibility index (Phi) is 9.55. The first-order valence-corrected chi connectivity index (χ1v) is 11.8. The van der Waals surface area contributed by atoms with Gasteiger partial charge in [0.25, 0.3) is 5.91 Å². The fourth-order valence-electron chi connectivity index (χ4n) is 3.53. The van der Waals surface area contributed by atoms with Crippen LogP contribution in [0.25, 0.3) is 0 Å². The van der Waals surface area contributed by atoms with E-state index in [0.29, 0.717) is 28.1 Å². The van der Waals surface area contributed by atoms with Crippen molar-refractivity contribution in [2.75, 3.05) is 17.2 Å². The number of nitrogen functional groups attached to an aromatic ring is 1. The van der Waals surface area contributed by atoms with Crippen molar-refractivity contribution in [3.63, 3.8) is 0 Å². The van der Waals surface area contributed by atoms with E-state index in [9.17, 15) is 20.1 Å². The van der Waals surface area contributed by atoms with Crippen LogP contribution >= 0.6 is 0 Å². The molecule has 0 aliphatic rings. The molecule has 1 aromatic heterocycles. The summed E-state index contributed by atoms with van der Waals surface area (Å²) in [5.41, 5.74) is 8.45. The average molecular weight is 525 g/mol. The molecule has 0 saturated carbocycles. The van der Waals surface area contributed by atoms with Gasteiger partial charge in [-0.1, -0.05) is 11.6 Å². The average Bonchev–Trinajstić information content (AvgIpc) is 2.86. The summed E-state index contributed by atoms with van der Waals surface area (Å²) in [6, 6.07) is 11.6. The molecule has 1 heterocycles. The third-order valence-corrected chi connectivity index (χ3v) is 5.18. The molecule has 0 saturated heterocycles. The van der Waals surface area contributed by atoms with E-state index in [1.807, 2.05) is 26.8 Å². The largest absolute Gasteiger partial charge is 0.487 e. The van der Waals surface area contributed by atoms with Gasteiger partial charge in [-0.3, -0.25) is 10.2 Å². The lowest BCUT2D eigenvalue weighted by molar-refractivity contribution is -0.0686. The number of carbonyl (C=O) groups is 1. The number of hydrogen-bond donors (Lipinski definition) is 7. The number of nitrogens with zero attached hydrogens (tertiary/aromatic N) is 2. The summed E-state index contributed by atoms with van der Waals surface area (Å²) >= 11 is 0. The Hall–Kier alpha value is -4.26. The number of aliphatic hydroxyl groups is 3. The Morgan fingerprint density at radius 2 is 1.89 bits per heavy atom. The summed E-state index contributed by atoms with van der Waals surface area (Å²) in [7, 11) is 0. The summed E-state index contributed by atoms with van der Waals surface area (Å²) in [6.07, 6.45) is -1.90. The Balaban J connectivity index is 1.89. The first-order valence-electron chi connectivity index (χ1n) is 11.8. The molecule has 0 bridgehead atoms. The Morgan fingerprint density at radius 1 is 1.13 bits per heavy atom. The second kappa shape index (κ2) is 12.8. The highest BCUT2D eigenvalue weighted by Gasteiger charge is 2.18. The van der Waals surface area contributed by atoms with Crippen LogP contribution in [-0.4, -0.2) is 56.3 Å². The van der Waals surface area contributed by atoms with Crippen LogP contribution in [0.5, 0.6) is 11.5 Å². The molecule has 0 aliphatic heterocycles. The van der Waals surface area contributed by atoms with Gasteiger partial charge >= 0.3 is 0 Å². The number of aliphatic hydroxyl groups excluding tert-OH is 2. The molecular weight excluding hydrogens is 492 g/mol. The molecule has 38 heavy (non-hydrogen) atoms. The molecule has 0 unspecified atom stereocenters. The number of nitrogens with two attached hydrogens (primary N) is 1. The van der Waals surface area contributed by atoms with Crippen LogP contribution < -0.4 is 25.8 Å². The molecule has 3 aromatic rings. The lowest BCUT2D eigenvalue weighted by Crippen LogP contribution is -2.19. The van der Waals surface area contributed by atoms with Crippen molar-refractivity contribution in [1.29, 1.82) is 5.41 Å². The van der Waals surface area contributed by atoms with Gasteiger partial charge in [-0.15, -0.1) is 10.2 Å². The van der Waals surface area contributed by atoms with E-state index in [1.165, 1.54) is 12.1 Å². The Labute approximate surface area is 219 Å². The number of hydrogen-bond acceptors (Lipinski definition) is 10. The van der Waals surface area contributed by atoms with E-state index in [2.05, 4.69) is 20.8 Å². The third-order valence-electron chi connectivity index (χ3n) is 5.18. The number of aryl methyl sites for hydroxylation is 1. The number of amides is 1. The molecule has 12 nitrogen and oxygen atoms in total. The maximum absolute atomic E-state index is 13.1. The number of ether oxygens (including phenoxy) is 2. The van der Waals surface area contributed by atoms with E-state index < -0.39 is 12.2 Å². The molecule has 3 rings (SSSR count). The van der Waals surface area contributed by atoms with Gasteiger partial charge in [0.15, 0.2) is 23.6 Å². The predicted octanol–water partition coefficient (Wildman–Crippen LogP) is 1.90. The van der Waals surface area contributed by atoms with Crippen molar-refractivity contribution in [3.05, 3.63) is 70.4 Å². The molecular formula is C26H32N6O6. The topological polar surface area (TPSA) is 196 Å². The molecule has 0 atom stereocenters. The van der Waals surface area contributed by atoms with Gasteiger partial charge in [0.05, 0.1) is 18.3 Å². The van der Waals surface area contributed by atoms with Gasteiger partial charge in [0.1, 0.15) is 18.1 Å². The summed E-state index contributed by atoms with van der Waals surface area (Å²) in [5, 5.41) is 49.5. The van der Waals surface area contributed by atoms with Crippen LogP contribution in [-0.2, 0) is 13.2 Å². The molecule has 12 heteroatoms. The van der Waals surface area contributed by atoms with Crippen LogP contribution in [0.2, 0.25) is 0 Å². The normalized spacial score (nSPS) is 10.9. The lowest BCUT2D eigenvalue weighted by Gasteiger charge is -2.21. The van der Waals surface area contributed by atoms with Gasteiger partial charge in [-0.05, 0) is 62.7 Å². The fourth-order valence-corrected chi connectivity index (χ4v) is 3.53. The molecule has 0 fully saturated rings. The molecule has 2 aromatic carbocycles. The fraction of sp³-hybridized carbons (Fsp3) is 0.308. The van der Waals surface area contributed by atoms with E-state index in [0.717, 1.165) is 5.56 Å². The molecule has 0 aliphatic carbocycles. The highest BCUT2D eigenvalue weighted by Crippen LogP contribution is 2.35. The van der Waals surface area contributed by atoms with Crippen molar-refractivity contribution < 1.29 is 29.6 Å². The van der Waals surface area contributed by atoms with Crippen molar-refractivity contribution >= 4 is 23.2 Å². The number of carbonyl (C=O) groups excluding carboxylic acids is 1. The Morgan fingerprint density at radius 3 is 2.50 bits per heavy atom. The van der Waals surface area contributed by atoms with Gasteiger partial charge in [0.2, 0.25) is 0 Å². The zero-order valence-corrected chi connectivity index (χ0v) is 21.4. The van der Waals surface area contributed by atoms with Crippen LogP contribution in [0, 0.1) is 12.3 Å². The number of anilines is 2. The zero-order valence-electron chi connectivity index (χ0n) is 21.4. The number of rotatable bonds is 12. The van der Waals surface area contributed by atoms with Gasteiger partial charge in [-0.25, -0.2) is 0 Å². The predicted molar refractivity (Wildman–Crippen MR) is 141 cm³/mol. The number of nitrogens with one attached hydrogen (secondary N) is 3. The first-order chi connectivity index (χ1) is 18.1. The smallest absolute Gasteiger partial charge is 0.258 e. The van der Waals surface area contributed by atoms with Gasteiger partial charge in [0, 0.05) is 17.8 Å². The maximum Gasteiger partial charge on any atom is 0.258 e. The standard InChI is InChI=1S/C26H32N6O6/c1-14(2)38-21-10-16(12-33)9-17(24(21)37-13-23(34)35)11-29-19-5-4-15(3)8-18(19)26(36)30-22-7-6-20(25(27)28)31-32-22/h4-10,14,23,29,33-35H,11-13H2,1-3H3,(H3,27,28)(H,30,32,36). The minimum absolute atomic E-state index is 0.162. The zero-order chi connectivity index (χ0) is 27.8. The highest BCUT2D eigenvalue weighted by atomic mass is 16.6. The second-order valence-corrected chi connectivity index (χ2v) is 8.77. The third kappa shape index (κ3) is 7.62. The summed E-state index contributed by atoms with van der Waals surface area (Å²) in [6.45, 7) is 5.06. The van der Waals surface area contributed by atoms with E-state index in [1.54, 1.807) is 24.3 Å². The number of aromatic nitrogens is 2. The van der Waals surface area contributed by atoms with Crippen LogP contribution in [0.3, 0.4) is 0 Å². The van der Waals surface area contributed by atoms with Crippen molar-refractivity contribution in [1.82, 2.24) is 10.2 Å². The highest BCUT2D eigenvalue weighted by molar-refractivity contribution is 6.07. The summed E-state index contributed by atoms with van der Waals surface area (Å²) in [4.78, 5) is 13.1. The second-order valence-electron chi connectivity index (χ2n) is 8.77. The summed E-state index contributed by atoms with van der Waals surface area (Å²) < 4.78 is 11.5. The van der Waals surface area contributed by atoms with Crippen LogP contribution in [0.15, 0.2) is 42.5 Å². The van der Waals surface area contributed by atoms with Gasteiger partial charge in [-0.2, -0.15) is 0 Å². The molecule has 1 amide bonds.